The van der Waals surface area contributed by atoms with E-state index < -0.39 is 0 Å². The standard InChI is InChI=1S/C10H9N2.2C9H8N3.2C8H7N4.10C2H6.5CH4.5Ir/c1-8-4-2-3-5-9(8)10-6-7-11-12-10;1-7-8(3-2-5-10-7)9-4-6-11-12-9;1-8-4-2-3-5-9(8)12-7-6-10-11-12;1-6-7(4-9-5-10-6)8-2-3-11-12-8;1-7-8(5-9-6-10-7)12-4-2-3-11-12;10*1-2;;;;;;;;;;/h2-4,6-7H,1H3,(H,11,12);2,4-6H,1H3,(H,11,12);2-4,6,11H,1H3;2-3,5H,1H3,(H,11,12);2-4,6H,1H3;10*1-2H3;5*1H4;;;;;/q5*-1;;;;;;;;;;;;;;;;;;;;. The van der Waals surface area contributed by atoms with E-state index in [0.717, 1.165) is 67.8 Å². The van der Waals surface area contributed by atoms with E-state index >= 15 is 0 Å². The number of para-hydroxylation sites is 1. The van der Waals surface area contributed by atoms with Crippen LogP contribution < -0.4 is 4.68 Å². The molecule has 525 valence electrons. The Morgan fingerprint density at radius 1 is 0.422 bits per heavy atom. The first-order chi connectivity index (χ1) is 39.4. The number of nitrogens with zero attached hydrogens (tertiary/aromatic N) is 12. The number of aromatic amines is 4. The molecule has 4 N–H and O–H groups in total. The molecule has 90 heavy (non-hydrogen) atoms. The maximum Gasteiger partial charge on any atom is 0.119 e. The molecule has 0 aliphatic heterocycles. The third-order valence-corrected chi connectivity index (χ3v) is 8.34. The van der Waals surface area contributed by atoms with Crippen molar-refractivity contribution >= 4 is 0 Å². The monoisotopic (exact) mass is 2140 g/mol. The predicted octanol–water partition coefficient (Wildman–Crippen LogP) is 19.5. The maximum atomic E-state index is 4.15. The second-order valence-electron chi connectivity index (χ2n) is 12.5. The molecule has 0 aliphatic carbocycles. The summed E-state index contributed by atoms with van der Waals surface area (Å²) < 4.78 is 3.39. The van der Waals surface area contributed by atoms with Gasteiger partial charge in [-0.05, 0) is 41.4 Å². The molecule has 21 heteroatoms. The molecule has 8 heterocycles. The summed E-state index contributed by atoms with van der Waals surface area (Å²) in [4.78, 5) is 19.8. The quantitative estimate of drug-likeness (QED) is 0.0949. The molecule has 5 radical (unpaired) electrons. The van der Waals surface area contributed by atoms with Gasteiger partial charge in [0.25, 0.3) is 0 Å². The van der Waals surface area contributed by atoms with Crippen LogP contribution in [-0.2, 0) is 101 Å². The molecular weight excluding hydrogens is 2010 g/mol. The molecule has 0 amide bonds. The summed E-state index contributed by atoms with van der Waals surface area (Å²) in [5.74, 6) is 0. The second-order valence-corrected chi connectivity index (χ2v) is 12.5. The fourth-order valence-electron chi connectivity index (χ4n) is 5.33. The van der Waals surface area contributed by atoms with Gasteiger partial charge in [0.05, 0.1) is 0 Å². The van der Waals surface area contributed by atoms with E-state index in [1.165, 1.54) is 18.2 Å². The van der Waals surface area contributed by atoms with Crippen LogP contribution in [0.15, 0.2) is 123 Å². The fourth-order valence-corrected chi connectivity index (χ4v) is 5.33. The van der Waals surface area contributed by atoms with Gasteiger partial charge in [0.15, 0.2) is 0 Å². The van der Waals surface area contributed by atoms with Crippen LogP contribution in [0.1, 0.15) is 204 Å². The second kappa shape index (κ2) is 90.4. The van der Waals surface area contributed by atoms with Gasteiger partial charge in [0, 0.05) is 166 Å². The summed E-state index contributed by atoms with van der Waals surface area (Å²) in [5, 5.41) is 31.1. The maximum absolute atomic E-state index is 4.15. The Morgan fingerprint density at radius 2 is 0.833 bits per heavy atom. The first kappa shape index (κ1) is 122. The van der Waals surface area contributed by atoms with Gasteiger partial charge in [0.2, 0.25) is 0 Å². The average molecular weight is 2130 g/mol. The molecule has 0 atom stereocenters. The summed E-state index contributed by atoms with van der Waals surface area (Å²) in [5.41, 5.74) is 12.3. The molecule has 0 spiro atoms. The van der Waals surface area contributed by atoms with Crippen LogP contribution in [0.25, 0.3) is 45.1 Å². The summed E-state index contributed by atoms with van der Waals surface area (Å²) >= 11 is 0. The Kier molecular flexibility index (Phi) is 123. The normalized spacial score (nSPS) is 7.39. The van der Waals surface area contributed by atoms with Gasteiger partial charge in [-0.15, -0.1) is 58.8 Å². The van der Waals surface area contributed by atoms with Crippen LogP contribution in [-0.4, -0.2) is 75.6 Å². The first-order valence-electron chi connectivity index (χ1n) is 28.4. The van der Waals surface area contributed by atoms with Gasteiger partial charge in [0.1, 0.15) is 6.20 Å². The minimum absolute atomic E-state index is 0. The van der Waals surface area contributed by atoms with Gasteiger partial charge in [-0.1, -0.05) is 252 Å². The number of aryl methyl sites for hydroxylation is 5. The van der Waals surface area contributed by atoms with Crippen molar-refractivity contribution in [3.05, 3.63) is 188 Å². The zero-order valence-electron chi connectivity index (χ0n) is 55.1. The van der Waals surface area contributed by atoms with Gasteiger partial charge in [-0.3, -0.25) is 20.0 Å². The predicted molar refractivity (Wildman–Crippen MR) is 369 cm³/mol. The summed E-state index contributed by atoms with van der Waals surface area (Å²) in [7, 11) is 0. The zero-order valence-corrected chi connectivity index (χ0v) is 67.1. The number of hydrogen-bond donors (Lipinski definition) is 4. The van der Waals surface area contributed by atoms with Gasteiger partial charge < -0.3 is 29.6 Å². The Bertz CT molecular complexity index is 2300. The van der Waals surface area contributed by atoms with Crippen LogP contribution in [0.2, 0.25) is 0 Å². The molecular formula is C69H119Ir5N16-5. The van der Waals surface area contributed by atoms with E-state index in [2.05, 4.69) is 121 Å². The molecule has 0 saturated carbocycles. The van der Waals surface area contributed by atoms with Crippen molar-refractivity contribution in [2.45, 2.75) is 210 Å². The molecule has 0 fully saturated rings. The molecule has 10 rings (SSSR count). The number of rotatable bonds is 5. The van der Waals surface area contributed by atoms with Crippen LogP contribution >= 0.6 is 0 Å². The van der Waals surface area contributed by atoms with E-state index in [1.54, 1.807) is 46.4 Å². The van der Waals surface area contributed by atoms with Gasteiger partial charge in [-0.25, -0.2) is 21.4 Å². The van der Waals surface area contributed by atoms with Crippen molar-refractivity contribution < 1.29 is 105 Å². The van der Waals surface area contributed by atoms with Crippen molar-refractivity contribution in [3.63, 3.8) is 0 Å². The van der Waals surface area contributed by atoms with Gasteiger partial charge in [-0.2, -0.15) is 28.9 Å². The van der Waals surface area contributed by atoms with E-state index in [9.17, 15) is 0 Å². The SMILES string of the molecule is C.C.C.C.C.CC.CC.CC.CC.CC.CC.CC.CC.CC.CC.Cc1ccc[c-]c1-[n+]1[c-]cn[nH]1.Cc1ccc[c-]c1-c1cc[nH]n1.Cc1ncc[c-]c1-c1cc[nH]n1.Cc1ncn[c-]c1-c1cc[nH]n1.Cc1ncn[c-]c1-n1cccn1.[Ir].[Ir].[Ir].[Ir].[Ir]. The van der Waals surface area contributed by atoms with Crippen LogP contribution in [0.4, 0.5) is 0 Å². The van der Waals surface area contributed by atoms with E-state index in [4.69, 9.17) is 0 Å². The number of aromatic nitrogens is 16. The molecule has 0 bridgehead atoms. The topological polar surface area (TPSA) is 201 Å². The Labute approximate surface area is 618 Å². The van der Waals surface area contributed by atoms with Gasteiger partial charge >= 0.3 is 0 Å². The molecule has 8 aromatic heterocycles. The molecule has 0 saturated heterocycles. The Morgan fingerprint density at radius 3 is 1.21 bits per heavy atom. The third-order valence-electron chi connectivity index (χ3n) is 8.34. The largest absolute Gasteiger partial charge is 0.374 e. The molecule has 10 aromatic rings. The first-order valence-corrected chi connectivity index (χ1v) is 28.4. The molecule has 2 aromatic carbocycles. The van der Waals surface area contributed by atoms with E-state index in [1.807, 2.05) is 233 Å². The number of pyridine rings is 1. The van der Waals surface area contributed by atoms with Crippen molar-refractivity contribution in [3.8, 4) is 45.1 Å². The van der Waals surface area contributed by atoms with Crippen molar-refractivity contribution in [2.75, 3.05) is 0 Å². The molecule has 0 aliphatic rings. The number of nitrogens with one attached hydrogen (secondary N) is 4. The Balaban J connectivity index is -0.0000000546. The van der Waals surface area contributed by atoms with E-state index in [0.29, 0.717) is 0 Å². The average Bonchev–Trinajstić information content (AvgIpc) is 4.46. The summed E-state index contributed by atoms with van der Waals surface area (Å²) in [6.07, 6.45) is 23.8. The number of benzene rings is 2. The van der Waals surface area contributed by atoms with Crippen LogP contribution in [0.3, 0.4) is 0 Å². The summed E-state index contributed by atoms with van der Waals surface area (Å²) in [6.45, 7) is 49.8. The third kappa shape index (κ3) is 50.6. The van der Waals surface area contributed by atoms with Crippen molar-refractivity contribution in [1.29, 1.82) is 0 Å². The summed E-state index contributed by atoms with van der Waals surface area (Å²) in [6, 6.07) is 30.5. The minimum Gasteiger partial charge on any atom is -0.374 e. The number of hydrogen-bond acceptors (Lipinski definition) is 10. The van der Waals surface area contributed by atoms with Crippen molar-refractivity contribution in [1.82, 2.24) is 75.6 Å². The molecule has 16 nitrogen and oxygen atoms in total. The minimum atomic E-state index is 0. The smallest absolute Gasteiger partial charge is 0.119 e. The Hall–Kier alpha value is -5.02. The zero-order chi connectivity index (χ0) is 61.9. The fraction of sp³-hybridized carbons (Fsp3) is 0.435. The number of H-pyrrole nitrogens is 4. The van der Waals surface area contributed by atoms with Crippen molar-refractivity contribution in [2.24, 2.45) is 0 Å². The molecule has 0 unspecified atom stereocenters. The van der Waals surface area contributed by atoms with Crippen LogP contribution in [0, 0.1) is 71.4 Å². The van der Waals surface area contributed by atoms with Crippen LogP contribution in [0.5, 0.6) is 0 Å². The van der Waals surface area contributed by atoms with E-state index in [-0.39, 0.29) is 138 Å².